The molecule has 4 aliphatic rings. The van der Waals surface area contributed by atoms with Crippen LogP contribution in [0.3, 0.4) is 0 Å². The Balaban J connectivity index is 1.54. The molecule has 0 aromatic rings. The molecular weight excluding hydrogens is 646 g/mol. The van der Waals surface area contributed by atoms with E-state index < -0.39 is 67.6 Å². The number of likely N-dealkylation sites (tertiary alicyclic amines) is 1. The minimum Gasteiger partial charge on any atom is -0.365 e. The van der Waals surface area contributed by atoms with Gasteiger partial charge < -0.3 is 20.6 Å². The van der Waals surface area contributed by atoms with Gasteiger partial charge in [0.2, 0.25) is 17.6 Å². The third-order valence-electron chi connectivity index (χ3n) is 11.5. The average Bonchev–Trinajstić information content (AvgIpc) is 3.83. The maximum Gasteiger partial charge on any atom is 0.289 e. The number of fused-ring (bicyclic) bond motifs is 1. The molecule has 5 N–H and O–H groups in total. The molecule has 6 atom stereocenters. The third kappa shape index (κ3) is 9.05. The van der Waals surface area contributed by atoms with Crippen molar-refractivity contribution in [1.82, 2.24) is 26.2 Å². The zero-order valence-electron chi connectivity index (χ0n) is 31.3. The van der Waals surface area contributed by atoms with E-state index in [1.54, 1.807) is 25.7 Å². The first-order valence-electron chi connectivity index (χ1n) is 18.4. The van der Waals surface area contributed by atoms with Crippen LogP contribution in [0.15, 0.2) is 0 Å². The molecule has 1 aliphatic heterocycles. The Bertz CT molecular complexity index is 1360. The minimum atomic E-state index is -3.52. The van der Waals surface area contributed by atoms with Crippen LogP contribution in [0.25, 0.3) is 0 Å². The SMILES string of the molecule is CCCCC(NC(=O)C1C2C(CN1C(=O)C(NC(O)NC1(CS(=O)(=O)C(C)(C)C)CCCCC1)C(C)(C)C)C2(C)C)C(=O)C(=O)NC1CC1. The molecule has 1 heterocycles. The summed E-state index contributed by atoms with van der Waals surface area (Å²) in [6.45, 7) is 17.2. The molecule has 0 aromatic heterocycles. The largest absolute Gasteiger partial charge is 0.365 e. The van der Waals surface area contributed by atoms with Crippen LogP contribution in [0.1, 0.15) is 127 Å². The fourth-order valence-electron chi connectivity index (χ4n) is 7.88. The van der Waals surface area contributed by atoms with Gasteiger partial charge in [0.25, 0.3) is 5.91 Å². The number of carbonyl (C=O) groups excluding carboxylic acids is 4. The third-order valence-corrected chi connectivity index (χ3v) is 14.3. The highest BCUT2D eigenvalue weighted by atomic mass is 32.2. The number of piperidine rings is 1. The average molecular weight is 710 g/mol. The van der Waals surface area contributed by atoms with Crippen molar-refractivity contribution in [1.29, 1.82) is 0 Å². The number of hydrogen-bond acceptors (Lipinski definition) is 9. The predicted molar refractivity (Wildman–Crippen MR) is 189 cm³/mol. The summed E-state index contributed by atoms with van der Waals surface area (Å²) in [5.41, 5.74) is -1.72. The standard InChI is InChI=1S/C36H63N5O7S/c1-10-11-15-24(27(42)30(44)37-22-16-17-22)38-29(43)26-25-23(35(25,8)9)20-41(26)31(45)28(33(2,3)4)39-32(46)40-36(18-13-12-14-19-36)21-49(47,48)34(5,6)7/h22-26,28,32,39-40,46H,10-21H2,1-9H3,(H,37,44)(H,38,43). The van der Waals surface area contributed by atoms with Crippen molar-refractivity contribution in [2.24, 2.45) is 22.7 Å². The first kappa shape index (κ1) is 39.7. The van der Waals surface area contributed by atoms with Gasteiger partial charge in [-0.3, -0.25) is 29.8 Å². The van der Waals surface area contributed by atoms with Crippen LogP contribution in [0.4, 0.5) is 0 Å². The van der Waals surface area contributed by atoms with Crippen LogP contribution in [0, 0.1) is 22.7 Å². The van der Waals surface area contributed by atoms with Gasteiger partial charge in [-0.15, -0.1) is 0 Å². The van der Waals surface area contributed by atoms with Crippen LogP contribution >= 0.6 is 0 Å². The predicted octanol–water partition coefficient (Wildman–Crippen LogP) is 2.78. The number of aliphatic hydroxyl groups excluding tert-OH is 1. The second-order valence-corrected chi connectivity index (χ2v) is 20.7. The van der Waals surface area contributed by atoms with E-state index in [2.05, 4.69) is 35.1 Å². The zero-order chi connectivity index (χ0) is 36.7. The number of Topliss-reactive ketones (excluding diaryl/α,β-unsaturated/α-hetero) is 1. The van der Waals surface area contributed by atoms with Gasteiger partial charge in [-0.1, -0.05) is 73.6 Å². The number of aliphatic hydroxyl groups is 1. The van der Waals surface area contributed by atoms with Gasteiger partial charge in [-0.2, -0.15) is 0 Å². The molecular formula is C36H63N5O7S. The molecule has 13 heteroatoms. The van der Waals surface area contributed by atoms with Crippen molar-refractivity contribution in [2.75, 3.05) is 12.3 Å². The fourth-order valence-corrected chi connectivity index (χ4v) is 9.41. The van der Waals surface area contributed by atoms with E-state index in [0.29, 0.717) is 32.2 Å². The van der Waals surface area contributed by atoms with Crippen LogP contribution in [0.5, 0.6) is 0 Å². The fraction of sp³-hybridized carbons (Fsp3) is 0.889. The Morgan fingerprint density at radius 2 is 1.59 bits per heavy atom. The van der Waals surface area contributed by atoms with Crippen molar-refractivity contribution in [3.8, 4) is 0 Å². The van der Waals surface area contributed by atoms with E-state index in [-0.39, 0.29) is 35.0 Å². The molecule has 12 nitrogen and oxygen atoms in total. The Morgan fingerprint density at radius 1 is 0.980 bits per heavy atom. The van der Waals surface area contributed by atoms with Gasteiger partial charge in [0.1, 0.15) is 6.04 Å². The highest BCUT2D eigenvalue weighted by Crippen LogP contribution is 2.65. The first-order chi connectivity index (χ1) is 22.5. The van der Waals surface area contributed by atoms with Crippen molar-refractivity contribution in [3.63, 3.8) is 0 Å². The summed E-state index contributed by atoms with van der Waals surface area (Å²) < 4.78 is 25.7. The first-order valence-corrected chi connectivity index (χ1v) is 20.1. The zero-order valence-corrected chi connectivity index (χ0v) is 32.1. The maximum atomic E-state index is 14.5. The van der Waals surface area contributed by atoms with E-state index >= 15 is 0 Å². The van der Waals surface area contributed by atoms with Gasteiger partial charge >= 0.3 is 0 Å². The lowest BCUT2D eigenvalue weighted by Crippen LogP contribution is -2.66. The van der Waals surface area contributed by atoms with Gasteiger partial charge in [-0.25, -0.2) is 8.42 Å². The lowest BCUT2D eigenvalue weighted by Gasteiger charge is -2.43. The van der Waals surface area contributed by atoms with Crippen LogP contribution in [-0.4, -0.2) is 95.0 Å². The minimum absolute atomic E-state index is 0.0116. The molecule has 1 saturated heterocycles. The molecule has 6 unspecified atom stereocenters. The van der Waals surface area contributed by atoms with E-state index in [1.807, 2.05) is 27.7 Å². The number of sulfone groups is 1. The molecule has 3 saturated carbocycles. The Morgan fingerprint density at radius 3 is 2.12 bits per heavy atom. The molecule has 4 rings (SSSR count). The second kappa shape index (κ2) is 14.5. The number of hydrogen-bond donors (Lipinski definition) is 5. The highest BCUT2D eigenvalue weighted by molar-refractivity contribution is 7.92. The summed E-state index contributed by atoms with van der Waals surface area (Å²) in [6, 6.07) is -2.73. The number of nitrogens with zero attached hydrogens (tertiary/aromatic N) is 1. The normalized spacial score (nSPS) is 26.7. The molecule has 280 valence electrons. The van der Waals surface area contributed by atoms with E-state index in [9.17, 15) is 32.7 Å². The van der Waals surface area contributed by atoms with Crippen LogP contribution in [0.2, 0.25) is 0 Å². The number of carbonyl (C=O) groups is 4. The summed E-state index contributed by atoms with van der Waals surface area (Å²) in [5, 5.41) is 23.3. The van der Waals surface area contributed by atoms with Gasteiger partial charge in [0, 0.05) is 18.1 Å². The maximum absolute atomic E-state index is 14.5. The molecule has 49 heavy (non-hydrogen) atoms. The molecule has 0 radical (unpaired) electrons. The molecule has 3 aliphatic carbocycles. The van der Waals surface area contributed by atoms with Crippen molar-refractivity contribution < 1.29 is 32.7 Å². The number of unbranched alkanes of at least 4 members (excludes halogenated alkanes) is 1. The van der Waals surface area contributed by atoms with E-state index in [1.165, 1.54) is 0 Å². The summed E-state index contributed by atoms with van der Waals surface area (Å²) in [5.74, 6) is -2.29. The second-order valence-electron chi connectivity index (χ2n) is 17.9. The molecule has 3 amide bonds. The van der Waals surface area contributed by atoms with E-state index in [0.717, 1.165) is 38.5 Å². The number of ketones is 1. The van der Waals surface area contributed by atoms with Crippen molar-refractivity contribution >= 4 is 33.3 Å². The van der Waals surface area contributed by atoms with Crippen LogP contribution in [-0.2, 0) is 29.0 Å². The number of nitrogens with one attached hydrogen (secondary N) is 4. The van der Waals surface area contributed by atoms with E-state index in [4.69, 9.17) is 0 Å². The summed E-state index contributed by atoms with van der Waals surface area (Å²) >= 11 is 0. The quantitative estimate of drug-likeness (QED) is 0.127. The monoisotopic (exact) mass is 709 g/mol. The lowest BCUT2D eigenvalue weighted by molar-refractivity contribution is -0.146. The lowest BCUT2D eigenvalue weighted by atomic mass is 9.83. The molecule has 4 fully saturated rings. The van der Waals surface area contributed by atoms with Gasteiger partial charge in [0.15, 0.2) is 16.2 Å². The van der Waals surface area contributed by atoms with Gasteiger partial charge in [-0.05, 0) is 75.5 Å². The number of amides is 3. The highest BCUT2D eigenvalue weighted by Gasteiger charge is 2.70. The Kier molecular flexibility index (Phi) is 11.7. The van der Waals surface area contributed by atoms with Gasteiger partial charge in [0.05, 0.1) is 22.6 Å². The Labute approximate surface area is 294 Å². The van der Waals surface area contributed by atoms with Crippen molar-refractivity contribution in [3.05, 3.63) is 0 Å². The molecule has 0 spiro atoms. The summed E-state index contributed by atoms with van der Waals surface area (Å²) in [7, 11) is -3.52. The van der Waals surface area contributed by atoms with Crippen LogP contribution < -0.4 is 21.3 Å². The smallest absolute Gasteiger partial charge is 0.289 e. The Hall–Kier alpha value is -2.09. The topological polar surface area (TPSA) is 174 Å². The molecule has 0 aromatic carbocycles. The summed E-state index contributed by atoms with van der Waals surface area (Å²) in [4.78, 5) is 56.1. The number of rotatable bonds is 15. The van der Waals surface area contributed by atoms with Crippen molar-refractivity contribution in [2.45, 2.75) is 167 Å². The molecule has 0 bridgehead atoms. The summed E-state index contributed by atoms with van der Waals surface area (Å²) in [6.07, 6.45) is 5.86.